The van der Waals surface area contributed by atoms with E-state index in [9.17, 15) is 0 Å². The van der Waals surface area contributed by atoms with Crippen molar-refractivity contribution in [1.29, 1.82) is 0 Å². The van der Waals surface area contributed by atoms with Crippen LogP contribution in [0.1, 0.15) is 144 Å². The summed E-state index contributed by atoms with van der Waals surface area (Å²) in [6.45, 7) is 14.2. The van der Waals surface area contributed by atoms with Crippen molar-refractivity contribution in [2.75, 3.05) is 0 Å². The van der Waals surface area contributed by atoms with Crippen molar-refractivity contribution in [3.8, 4) is 11.1 Å². The number of aliphatic imine (C=N–C) groups is 2. The Morgan fingerprint density at radius 3 is 1.63 bits per heavy atom. The third kappa shape index (κ3) is 10.1. The lowest BCUT2D eigenvalue weighted by molar-refractivity contribution is 0.437. The highest BCUT2D eigenvalue weighted by molar-refractivity contribution is 8.15. The Hall–Kier alpha value is -4.12. The van der Waals surface area contributed by atoms with Gasteiger partial charge in [0.25, 0.3) is 0 Å². The maximum Gasteiger partial charge on any atom is 0.109 e. The SMILES string of the molecule is CC(C)CCCC(C)CCc1ccc(C2=C3N=C(c4ccccc4)Sc4cc(-c5ccc(CCC(C)CCCC(C)C)cc5)c5c(c43)C(C2)SC(c2ccccc2)=N5)cc1. The molecule has 0 saturated carbocycles. The largest absolute Gasteiger partial charge is 0.240 e. The number of nitrogens with zero attached hydrogens (tertiary/aromatic N) is 2. The van der Waals surface area contributed by atoms with Crippen molar-refractivity contribution in [2.24, 2.45) is 33.7 Å². The Balaban J connectivity index is 1.16. The summed E-state index contributed by atoms with van der Waals surface area (Å²) in [4.78, 5) is 12.5. The summed E-state index contributed by atoms with van der Waals surface area (Å²) in [5, 5.41) is 2.41. The van der Waals surface area contributed by atoms with Crippen LogP contribution in [0.25, 0.3) is 22.4 Å². The van der Waals surface area contributed by atoms with Crippen LogP contribution in [0, 0.1) is 23.7 Å². The Morgan fingerprint density at radius 1 is 0.550 bits per heavy atom. The minimum Gasteiger partial charge on any atom is -0.240 e. The van der Waals surface area contributed by atoms with E-state index in [0.29, 0.717) is 0 Å². The fourth-order valence-electron chi connectivity index (χ4n) is 9.16. The zero-order chi connectivity index (χ0) is 41.6. The van der Waals surface area contributed by atoms with E-state index in [1.807, 2.05) is 23.5 Å². The van der Waals surface area contributed by atoms with Crippen LogP contribution < -0.4 is 0 Å². The predicted octanol–water partition coefficient (Wildman–Crippen LogP) is 16.8. The molecule has 0 radical (unpaired) electrons. The maximum atomic E-state index is 5.59. The molecule has 60 heavy (non-hydrogen) atoms. The first-order chi connectivity index (χ1) is 29.2. The molecule has 5 aromatic carbocycles. The molecule has 0 aromatic heterocycles. The van der Waals surface area contributed by atoms with Crippen LogP contribution in [0.15, 0.2) is 130 Å². The molecule has 0 saturated heterocycles. The van der Waals surface area contributed by atoms with E-state index in [2.05, 4.69) is 157 Å². The van der Waals surface area contributed by atoms with Gasteiger partial charge in [0.1, 0.15) is 10.1 Å². The van der Waals surface area contributed by atoms with Gasteiger partial charge in [-0.1, -0.05) is 213 Å². The van der Waals surface area contributed by atoms with Crippen molar-refractivity contribution in [3.63, 3.8) is 0 Å². The van der Waals surface area contributed by atoms with Crippen LogP contribution in [0.2, 0.25) is 0 Å². The van der Waals surface area contributed by atoms with Crippen molar-refractivity contribution in [1.82, 2.24) is 0 Å². The fourth-order valence-corrected chi connectivity index (χ4v) is 11.5. The molecule has 4 heteroatoms. The van der Waals surface area contributed by atoms with Gasteiger partial charge in [0.2, 0.25) is 0 Å². The van der Waals surface area contributed by atoms with Gasteiger partial charge in [-0.15, -0.1) is 0 Å². The Bertz CT molecular complexity index is 2320. The lowest BCUT2D eigenvalue weighted by Gasteiger charge is -2.36. The van der Waals surface area contributed by atoms with Crippen molar-refractivity contribution in [2.45, 2.75) is 122 Å². The molecule has 0 amide bonds. The van der Waals surface area contributed by atoms with Crippen LogP contribution in [-0.2, 0) is 12.8 Å². The van der Waals surface area contributed by atoms with Crippen LogP contribution >= 0.6 is 23.5 Å². The van der Waals surface area contributed by atoms with E-state index >= 15 is 0 Å². The highest BCUT2D eigenvalue weighted by atomic mass is 32.2. The fraction of sp³-hybridized carbons (Fsp3) is 0.393. The summed E-state index contributed by atoms with van der Waals surface area (Å²) in [7, 11) is 0. The Labute approximate surface area is 369 Å². The second-order valence-electron chi connectivity index (χ2n) is 18.7. The van der Waals surface area contributed by atoms with Gasteiger partial charge >= 0.3 is 0 Å². The number of hydrogen-bond acceptors (Lipinski definition) is 4. The minimum atomic E-state index is 0.233. The van der Waals surface area contributed by atoms with Gasteiger partial charge in [-0.25, -0.2) is 9.98 Å². The van der Waals surface area contributed by atoms with Crippen LogP contribution in [0.5, 0.6) is 0 Å². The van der Waals surface area contributed by atoms with Gasteiger partial charge in [-0.05, 0) is 89.7 Å². The van der Waals surface area contributed by atoms with E-state index in [1.54, 1.807) is 0 Å². The van der Waals surface area contributed by atoms with E-state index < -0.39 is 0 Å². The van der Waals surface area contributed by atoms with E-state index in [1.165, 1.54) is 112 Å². The molecular weight excluding hydrogens is 765 g/mol. The summed E-state index contributed by atoms with van der Waals surface area (Å²) in [6, 6.07) is 43.0. The highest BCUT2D eigenvalue weighted by Crippen LogP contribution is 2.60. The first-order valence-electron chi connectivity index (χ1n) is 23.0. The molecule has 1 aliphatic carbocycles. The molecular formula is C56H64N2S2. The molecule has 8 rings (SSSR count). The molecule has 0 bridgehead atoms. The average Bonchev–Trinajstić information content (AvgIpc) is 3.27. The quantitative estimate of drug-likeness (QED) is 0.0879. The average molecular weight is 829 g/mol. The third-order valence-electron chi connectivity index (χ3n) is 12.8. The smallest absolute Gasteiger partial charge is 0.109 e. The van der Waals surface area contributed by atoms with Crippen molar-refractivity contribution >= 4 is 50.6 Å². The Morgan fingerprint density at radius 2 is 1.08 bits per heavy atom. The molecule has 5 aromatic rings. The monoisotopic (exact) mass is 828 g/mol. The van der Waals surface area contributed by atoms with Gasteiger partial charge in [0.05, 0.1) is 11.4 Å². The van der Waals surface area contributed by atoms with Crippen LogP contribution in [-0.4, -0.2) is 10.1 Å². The second kappa shape index (κ2) is 19.7. The minimum absolute atomic E-state index is 0.233. The molecule has 2 nitrogen and oxygen atoms in total. The summed E-state index contributed by atoms with van der Waals surface area (Å²) in [6.07, 6.45) is 13.7. The van der Waals surface area contributed by atoms with Gasteiger partial charge < -0.3 is 0 Å². The number of allylic oxidation sites excluding steroid dienone is 1. The molecule has 2 heterocycles. The highest BCUT2D eigenvalue weighted by Gasteiger charge is 2.39. The van der Waals surface area contributed by atoms with E-state index in [4.69, 9.17) is 9.98 Å². The van der Waals surface area contributed by atoms with Crippen LogP contribution in [0.3, 0.4) is 0 Å². The Kier molecular flexibility index (Phi) is 14.0. The van der Waals surface area contributed by atoms with Crippen molar-refractivity contribution in [3.05, 3.63) is 154 Å². The third-order valence-corrected chi connectivity index (χ3v) is 15.1. The first-order valence-corrected chi connectivity index (χ1v) is 24.7. The molecule has 3 atom stereocenters. The predicted molar refractivity (Wildman–Crippen MR) is 264 cm³/mol. The standard InChI is InChI=1S/C56H64N2S2/c1-37(2)15-13-17-39(5)23-25-41-27-31-43(32-28-41)47-35-49-52-51-50(60-55(57-53(47)51)45-19-9-7-10-20-45)36-48(54(52)58-56(59-49)46-21-11-8-12-22-46)44-33-29-42(30-34-44)26-24-40(6)18-14-16-38(3)4/h7-12,19-22,27-35,37-40,50H,13-18,23-26,36H2,1-6H3. The van der Waals surface area contributed by atoms with Gasteiger partial charge in [0.15, 0.2) is 0 Å². The van der Waals surface area contributed by atoms with Gasteiger partial charge in [-0.3, -0.25) is 0 Å². The lowest BCUT2D eigenvalue weighted by Crippen LogP contribution is -2.18. The molecule has 310 valence electrons. The van der Waals surface area contributed by atoms with Crippen molar-refractivity contribution < 1.29 is 0 Å². The number of thioether (sulfide) groups is 2. The number of benzene rings is 5. The summed E-state index contributed by atoms with van der Waals surface area (Å²) in [5.74, 6) is 3.09. The normalized spacial score (nSPS) is 16.8. The maximum absolute atomic E-state index is 5.59. The van der Waals surface area contributed by atoms with Gasteiger partial charge in [0, 0.05) is 38.0 Å². The summed E-state index contributed by atoms with van der Waals surface area (Å²) in [5.41, 5.74) is 15.2. The number of rotatable bonds is 18. The molecule has 3 aliphatic rings. The van der Waals surface area contributed by atoms with E-state index in [-0.39, 0.29) is 5.25 Å². The summed E-state index contributed by atoms with van der Waals surface area (Å²) < 4.78 is 0. The molecule has 0 N–H and O–H groups in total. The number of aryl methyl sites for hydroxylation is 2. The molecule has 0 spiro atoms. The number of hydrogen-bond donors (Lipinski definition) is 0. The molecule has 3 unspecified atom stereocenters. The molecule has 0 fully saturated rings. The van der Waals surface area contributed by atoms with Crippen LogP contribution in [0.4, 0.5) is 5.69 Å². The molecule has 2 aliphatic heterocycles. The lowest BCUT2D eigenvalue weighted by atomic mass is 9.82. The second-order valence-corrected chi connectivity index (χ2v) is 20.9. The zero-order valence-electron chi connectivity index (χ0n) is 36.8. The summed E-state index contributed by atoms with van der Waals surface area (Å²) >= 11 is 3.76. The van der Waals surface area contributed by atoms with Gasteiger partial charge in [-0.2, -0.15) is 0 Å². The first kappa shape index (κ1) is 42.6. The van der Waals surface area contributed by atoms with E-state index in [0.717, 1.165) is 64.4 Å². The topological polar surface area (TPSA) is 24.7 Å². The zero-order valence-corrected chi connectivity index (χ0v) is 38.5.